The standard InChI is InChI=1S/C9H16OSi2/c1-2-8-12(10-11)9-6-4-3-5-7-9/h3-7,12H,2,8H2,1,11H3. The van der Waals surface area contributed by atoms with Crippen LogP contribution in [-0.4, -0.2) is 19.5 Å². The van der Waals surface area contributed by atoms with Gasteiger partial charge < -0.3 is 4.12 Å². The van der Waals surface area contributed by atoms with Crippen molar-refractivity contribution in [1.29, 1.82) is 0 Å². The zero-order valence-corrected chi connectivity index (χ0v) is 10.9. The highest BCUT2D eigenvalue weighted by Crippen LogP contribution is 1.98. The second-order valence-electron chi connectivity index (χ2n) is 2.92. The van der Waals surface area contributed by atoms with Crippen molar-refractivity contribution in [2.45, 2.75) is 19.4 Å². The van der Waals surface area contributed by atoms with Gasteiger partial charge in [0.2, 0.25) is 0 Å². The largest absolute Gasteiger partial charge is 0.462 e. The average molecular weight is 196 g/mol. The van der Waals surface area contributed by atoms with Crippen molar-refractivity contribution >= 4 is 24.7 Å². The van der Waals surface area contributed by atoms with Crippen LogP contribution in [0.1, 0.15) is 13.3 Å². The average Bonchev–Trinajstić information content (AvgIpc) is 2.15. The van der Waals surface area contributed by atoms with E-state index in [2.05, 4.69) is 37.3 Å². The highest BCUT2D eigenvalue weighted by molar-refractivity contribution is 6.69. The van der Waals surface area contributed by atoms with Crippen LogP contribution in [0.5, 0.6) is 0 Å². The molecule has 0 bridgehead atoms. The zero-order valence-electron chi connectivity index (χ0n) is 7.79. The van der Waals surface area contributed by atoms with Gasteiger partial charge in [-0.05, 0) is 11.2 Å². The fraction of sp³-hybridized carbons (Fsp3) is 0.333. The van der Waals surface area contributed by atoms with E-state index >= 15 is 0 Å². The van der Waals surface area contributed by atoms with Crippen molar-refractivity contribution in [3.05, 3.63) is 30.3 Å². The molecular formula is C9H16OSi2. The Morgan fingerprint density at radius 2 is 2.00 bits per heavy atom. The first-order valence-corrected chi connectivity index (χ1v) is 7.14. The van der Waals surface area contributed by atoms with Gasteiger partial charge in [-0.3, -0.25) is 0 Å². The van der Waals surface area contributed by atoms with Gasteiger partial charge in [-0.1, -0.05) is 43.7 Å². The number of rotatable bonds is 4. The van der Waals surface area contributed by atoms with E-state index in [4.69, 9.17) is 4.12 Å². The maximum absolute atomic E-state index is 5.65. The Hall–Kier alpha value is -0.386. The maximum atomic E-state index is 5.65. The molecule has 66 valence electrons. The Morgan fingerprint density at radius 3 is 2.50 bits per heavy atom. The molecule has 1 atom stereocenters. The van der Waals surface area contributed by atoms with Crippen molar-refractivity contribution in [2.24, 2.45) is 0 Å². The van der Waals surface area contributed by atoms with Crippen LogP contribution in [0.4, 0.5) is 0 Å². The number of benzene rings is 1. The maximum Gasteiger partial charge on any atom is 0.194 e. The van der Waals surface area contributed by atoms with E-state index in [0.717, 1.165) is 10.5 Å². The molecule has 0 saturated heterocycles. The second-order valence-corrected chi connectivity index (χ2v) is 7.03. The van der Waals surface area contributed by atoms with Crippen LogP contribution in [0.2, 0.25) is 6.04 Å². The van der Waals surface area contributed by atoms with Crippen molar-refractivity contribution < 1.29 is 4.12 Å². The van der Waals surface area contributed by atoms with Gasteiger partial charge >= 0.3 is 0 Å². The fourth-order valence-electron chi connectivity index (χ4n) is 1.35. The Balaban J connectivity index is 2.66. The normalized spacial score (nSPS) is 13.1. The van der Waals surface area contributed by atoms with Gasteiger partial charge in [-0.15, -0.1) is 0 Å². The summed E-state index contributed by atoms with van der Waals surface area (Å²) >= 11 is 0. The third-order valence-electron chi connectivity index (χ3n) is 2.01. The lowest BCUT2D eigenvalue weighted by atomic mass is 10.4. The molecule has 0 amide bonds. The summed E-state index contributed by atoms with van der Waals surface area (Å²) in [6, 6.07) is 11.9. The first-order valence-electron chi connectivity index (χ1n) is 4.46. The van der Waals surface area contributed by atoms with Gasteiger partial charge in [-0.2, -0.15) is 0 Å². The van der Waals surface area contributed by atoms with Crippen molar-refractivity contribution in [3.8, 4) is 0 Å². The summed E-state index contributed by atoms with van der Waals surface area (Å²) < 4.78 is 5.65. The lowest BCUT2D eigenvalue weighted by Crippen LogP contribution is -2.32. The molecule has 0 spiro atoms. The molecule has 1 aromatic rings. The van der Waals surface area contributed by atoms with Gasteiger partial charge in [0, 0.05) is 0 Å². The molecule has 0 aliphatic carbocycles. The molecule has 1 unspecified atom stereocenters. The lowest BCUT2D eigenvalue weighted by Gasteiger charge is -2.12. The molecule has 0 radical (unpaired) electrons. The van der Waals surface area contributed by atoms with Crippen LogP contribution in [0, 0.1) is 0 Å². The summed E-state index contributed by atoms with van der Waals surface area (Å²) in [7, 11) is -0.127. The van der Waals surface area contributed by atoms with E-state index in [-0.39, 0.29) is 0 Å². The van der Waals surface area contributed by atoms with Gasteiger partial charge in [0.15, 0.2) is 9.04 Å². The molecule has 0 aliphatic rings. The van der Waals surface area contributed by atoms with Crippen LogP contribution in [-0.2, 0) is 4.12 Å². The quantitative estimate of drug-likeness (QED) is 0.631. The molecule has 1 rings (SSSR count). The van der Waals surface area contributed by atoms with Crippen LogP contribution < -0.4 is 5.19 Å². The number of hydrogen-bond donors (Lipinski definition) is 0. The Bertz CT molecular complexity index is 213. The molecule has 12 heavy (non-hydrogen) atoms. The second kappa shape index (κ2) is 5.29. The van der Waals surface area contributed by atoms with Crippen molar-refractivity contribution in [3.63, 3.8) is 0 Å². The highest BCUT2D eigenvalue weighted by Gasteiger charge is 2.09. The molecule has 0 aromatic heterocycles. The monoisotopic (exact) mass is 196 g/mol. The predicted octanol–water partition coefficient (Wildman–Crippen LogP) is 0.324. The molecule has 0 heterocycles. The summed E-state index contributed by atoms with van der Waals surface area (Å²) in [5.74, 6) is 0. The minimum Gasteiger partial charge on any atom is -0.462 e. The molecule has 0 aliphatic heterocycles. The van der Waals surface area contributed by atoms with Gasteiger partial charge in [-0.25, -0.2) is 0 Å². The molecule has 0 fully saturated rings. The molecule has 0 saturated carbocycles. The SMILES string of the molecule is CCC[SiH](O[SiH3])c1ccccc1. The van der Waals surface area contributed by atoms with Gasteiger partial charge in [0.1, 0.15) is 10.5 Å². The van der Waals surface area contributed by atoms with Crippen LogP contribution in [0.15, 0.2) is 30.3 Å². The van der Waals surface area contributed by atoms with E-state index in [0.29, 0.717) is 0 Å². The minimum atomic E-state index is -1.01. The third-order valence-corrected chi connectivity index (χ3v) is 6.51. The summed E-state index contributed by atoms with van der Waals surface area (Å²) in [5, 5.41) is 1.45. The zero-order chi connectivity index (χ0) is 8.81. The molecule has 0 N–H and O–H groups in total. The van der Waals surface area contributed by atoms with E-state index in [1.165, 1.54) is 17.7 Å². The molecule has 1 aromatic carbocycles. The van der Waals surface area contributed by atoms with Crippen LogP contribution >= 0.6 is 0 Å². The van der Waals surface area contributed by atoms with E-state index in [1.54, 1.807) is 0 Å². The topological polar surface area (TPSA) is 9.23 Å². The predicted molar refractivity (Wildman–Crippen MR) is 59.3 cm³/mol. The fourth-order valence-corrected chi connectivity index (χ4v) is 4.89. The Labute approximate surface area is 79.0 Å². The van der Waals surface area contributed by atoms with E-state index in [9.17, 15) is 0 Å². The van der Waals surface area contributed by atoms with Crippen molar-refractivity contribution in [1.82, 2.24) is 0 Å². The lowest BCUT2D eigenvalue weighted by molar-refractivity contribution is 0.640. The third kappa shape index (κ3) is 2.58. The van der Waals surface area contributed by atoms with E-state index < -0.39 is 9.04 Å². The van der Waals surface area contributed by atoms with Crippen LogP contribution in [0.3, 0.4) is 0 Å². The molecule has 3 heteroatoms. The molecule has 1 nitrogen and oxygen atoms in total. The summed E-state index contributed by atoms with van der Waals surface area (Å²) in [6.07, 6.45) is 1.24. The first kappa shape index (κ1) is 9.70. The van der Waals surface area contributed by atoms with E-state index in [1.807, 2.05) is 0 Å². The van der Waals surface area contributed by atoms with Crippen molar-refractivity contribution in [2.75, 3.05) is 0 Å². The number of hydrogen-bond acceptors (Lipinski definition) is 1. The minimum absolute atomic E-state index is 0.883. The van der Waals surface area contributed by atoms with Gasteiger partial charge in [0.05, 0.1) is 0 Å². The summed E-state index contributed by atoms with van der Waals surface area (Å²) in [6.45, 7) is 2.23. The molecular weight excluding hydrogens is 180 g/mol. The summed E-state index contributed by atoms with van der Waals surface area (Å²) in [5.41, 5.74) is 0. The highest BCUT2D eigenvalue weighted by atomic mass is 28.3. The Morgan fingerprint density at radius 1 is 1.33 bits per heavy atom. The van der Waals surface area contributed by atoms with Crippen LogP contribution in [0.25, 0.3) is 0 Å². The smallest absolute Gasteiger partial charge is 0.194 e. The van der Waals surface area contributed by atoms with Gasteiger partial charge in [0.25, 0.3) is 0 Å². The summed E-state index contributed by atoms with van der Waals surface area (Å²) in [4.78, 5) is 0. The first-order chi connectivity index (χ1) is 5.88. The Kier molecular flexibility index (Phi) is 4.28.